The van der Waals surface area contributed by atoms with E-state index in [0.717, 1.165) is 0 Å². The number of esters is 1. The largest absolute Gasteiger partial charge is 0.459 e. The summed E-state index contributed by atoms with van der Waals surface area (Å²) in [6.45, 7) is 1.82. The fourth-order valence-corrected chi connectivity index (χ4v) is 0.814. The Kier molecular flexibility index (Phi) is 3.60. The quantitative estimate of drug-likeness (QED) is 0.552. The van der Waals surface area contributed by atoms with Crippen LogP contribution in [0.15, 0.2) is 24.5 Å². The topological polar surface area (TPSA) is 68.3 Å². The van der Waals surface area contributed by atoms with E-state index in [2.05, 4.69) is 15.0 Å². The van der Waals surface area contributed by atoms with Crippen molar-refractivity contribution in [3.63, 3.8) is 0 Å². The summed E-state index contributed by atoms with van der Waals surface area (Å²) in [7, 11) is 0. The first-order chi connectivity index (χ1) is 6.74. The zero-order valence-electron chi connectivity index (χ0n) is 7.69. The molecule has 1 N–H and O–H groups in total. The summed E-state index contributed by atoms with van der Waals surface area (Å²) in [5, 5.41) is 2.37. The molecule has 1 rings (SSSR count). The molecule has 1 heterocycles. The zero-order chi connectivity index (χ0) is 10.4. The molecule has 0 aliphatic rings. The highest BCUT2D eigenvalue weighted by Gasteiger charge is 2.13. The molecule has 0 aliphatic carbocycles. The average molecular weight is 194 g/mol. The molecule has 14 heavy (non-hydrogen) atoms. The van der Waals surface area contributed by atoms with E-state index >= 15 is 0 Å². The molecule has 5 nitrogen and oxygen atoms in total. The number of pyridine rings is 1. The standard InChI is InChI=1S/C9H10N2O3/c1-2-14-9(13)8(12)11-7-3-5-10-6-4-7/h3-6H,2H2,1H3,(H,10,11,12). The molecule has 0 bridgehead atoms. The monoisotopic (exact) mass is 194 g/mol. The van der Waals surface area contributed by atoms with Gasteiger partial charge in [-0.3, -0.25) is 9.78 Å². The van der Waals surface area contributed by atoms with Gasteiger partial charge in [0.05, 0.1) is 6.61 Å². The van der Waals surface area contributed by atoms with Crippen LogP contribution >= 0.6 is 0 Å². The van der Waals surface area contributed by atoms with E-state index in [0.29, 0.717) is 5.69 Å². The molecule has 1 amide bonds. The lowest BCUT2D eigenvalue weighted by Crippen LogP contribution is -2.24. The zero-order valence-corrected chi connectivity index (χ0v) is 7.69. The smallest absolute Gasteiger partial charge is 0.397 e. The second-order valence-electron chi connectivity index (χ2n) is 2.41. The Morgan fingerprint density at radius 2 is 2.07 bits per heavy atom. The Labute approximate surface area is 81.1 Å². The van der Waals surface area contributed by atoms with E-state index in [4.69, 9.17) is 0 Å². The second kappa shape index (κ2) is 4.96. The summed E-state index contributed by atoms with van der Waals surface area (Å²) in [5.74, 6) is -1.66. The Morgan fingerprint density at radius 1 is 1.43 bits per heavy atom. The van der Waals surface area contributed by atoms with Gasteiger partial charge in [-0.15, -0.1) is 0 Å². The van der Waals surface area contributed by atoms with Gasteiger partial charge in [0.15, 0.2) is 0 Å². The summed E-state index contributed by atoms with van der Waals surface area (Å²) in [5.41, 5.74) is 0.512. The van der Waals surface area contributed by atoms with Gasteiger partial charge in [0, 0.05) is 18.1 Å². The van der Waals surface area contributed by atoms with Crippen LogP contribution in [0.2, 0.25) is 0 Å². The highest BCUT2D eigenvalue weighted by Crippen LogP contribution is 2.02. The van der Waals surface area contributed by atoms with E-state index in [-0.39, 0.29) is 6.61 Å². The number of carbonyl (C=O) groups is 2. The van der Waals surface area contributed by atoms with Crippen molar-refractivity contribution >= 4 is 17.6 Å². The van der Waals surface area contributed by atoms with Gasteiger partial charge in [-0.25, -0.2) is 4.79 Å². The highest BCUT2D eigenvalue weighted by molar-refractivity contribution is 6.37. The normalized spacial score (nSPS) is 9.21. The maximum atomic E-state index is 11.1. The molecule has 0 radical (unpaired) electrons. The van der Waals surface area contributed by atoms with Gasteiger partial charge in [0.1, 0.15) is 0 Å². The van der Waals surface area contributed by atoms with Crippen LogP contribution in [0.25, 0.3) is 0 Å². The van der Waals surface area contributed by atoms with Gasteiger partial charge in [0.2, 0.25) is 0 Å². The van der Waals surface area contributed by atoms with Crippen molar-refractivity contribution in [2.45, 2.75) is 6.92 Å². The number of anilines is 1. The molecular weight excluding hydrogens is 184 g/mol. The number of nitrogens with one attached hydrogen (secondary N) is 1. The van der Waals surface area contributed by atoms with Crippen LogP contribution in [0.5, 0.6) is 0 Å². The van der Waals surface area contributed by atoms with Gasteiger partial charge in [0.25, 0.3) is 0 Å². The maximum Gasteiger partial charge on any atom is 0.397 e. The summed E-state index contributed by atoms with van der Waals surface area (Å²) in [6.07, 6.45) is 3.03. The number of hydrogen-bond acceptors (Lipinski definition) is 4. The fraction of sp³-hybridized carbons (Fsp3) is 0.222. The average Bonchev–Trinajstić information content (AvgIpc) is 2.19. The number of rotatable bonds is 2. The van der Waals surface area contributed by atoms with Crippen LogP contribution in [0.1, 0.15) is 6.92 Å². The summed E-state index contributed by atoms with van der Waals surface area (Å²) in [4.78, 5) is 25.8. The molecule has 0 spiro atoms. The summed E-state index contributed by atoms with van der Waals surface area (Å²) < 4.78 is 4.51. The number of nitrogens with zero attached hydrogens (tertiary/aromatic N) is 1. The van der Waals surface area contributed by atoms with Crippen LogP contribution < -0.4 is 5.32 Å². The lowest BCUT2D eigenvalue weighted by atomic mass is 10.4. The number of amides is 1. The molecule has 1 aromatic heterocycles. The van der Waals surface area contributed by atoms with E-state index in [1.165, 1.54) is 12.4 Å². The molecule has 0 aromatic carbocycles. The third-order valence-corrected chi connectivity index (χ3v) is 1.40. The lowest BCUT2D eigenvalue weighted by molar-refractivity contribution is -0.152. The Bertz CT molecular complexity index is 324. The maximum absolute atomic E-state index is 11.1. The van der Waals surface area contributed by atoms with Crippen molar-refractivity contribution in [2.75, 3.05) is 11.9 Å². The van der Waals surface area contributed by atoms with E-state index in [1.54, 1.807) is 19.1 Å². The number of hydrogen-bond donors (Lipinski definition) is 1. The molecule has 1 aromatic rings. The van der Waals surface area contributed by atoms with Crippen LogP contribution in [0, 0.1) is 0 Å². The first-order valence-electron chi connectivity index (χ1n) is 4.12. The first kappa shape index (κ1) is 10.2. The highest BCUT2D eigenvalue weighted by atomic mass is 16.5. The predicted molar refractivity (Wildman–Crippen MR) is 49.5 cm³/mol. The SMILES string of the molecule is CCOC(=O)C(=O)Nc1ccncc1. The van der Waals surface area contributed by atoms with E-state index < -0.39 is 11.9 Å². The van der Waals surface area contributed by atoms with Crippen LogP contribution in [0.4, 0.5) is 5.69 Å². The molecule has 5 heteroatoms. The summed E-state index contributed by atoms with van der Waals surface area (Å²) >= 11 is 0. The van der Waals surface area contributed by atoms with Crippen LogP contribution in [0.3, 0.4) is 0 Å². The Morgan fingerprint density at radius 3 is 2.64 bits per heavy atom. The minimum absolute atomic E-state index is 0.183. The molecule has 0 saturated heterocycles. The fourth-order valence-electron chi connectivity index (χ4n) is 0.814. The van der Waals surface area contributed by atoms with Gasteiger partial charge in [-0.1, -0.05) is 0 Å². The molecule has 0 aliphatic heterocycles. The summed E-state index contributed by atoms with van der Waals surface area (Å²) in [6, 6.07) is 3.16. The van der Waals surface area contributed by atoms with Crippen molar-refractivity contribution in [1.29, 1.82) is 0 Å². The Balaban J connectivity index is 2.53. The minimum atomic E-state index is -0.885. The van der Waals surface area contributed by atoms with Gasteiger partial charge >= 0.3 is 11.9 Å². The molecule has 0 unspecified atom stereocenters. The molecular formula is C9H10N2O3. The van der Waals surface area contributed by atoms with Gasteiger partial charge in [-0.2, -0.15) is 0 Å². The number of ether oxygens (including phenoxy) is 1. The van der Waals surface area contributed by atoms with Crippen molar-refractivity contribution in [2.24, 2.45) is 0 Å². The molecule has 74 valence electrons. The van der Waals surface area contributed by atoms with Crippen molar-refractivity contribution < 1.29 is 14.3 Å². The van der Waals surface area contributed by atoms with Crippen molar-refractivity contribution in [1.82, 2.24) is 4.98 Å². The molecule has 0 saturated carbocycles. The van der Waals surface area contributed by atoms with Gasteiger partial charge in [-0.05, 0) is 19.1 Å². The molecule has 0 fully saturated rings. The van der Waals surface area contributed by atoms with Crippen LogP contribution in [-0.4, -0.2) is 23.5 Å². The van der Waals surface area contributed by atoms with E-state index in [9.17, 15) is 9.59 Å². The third kappa shape index (κ3) is 2.85. The van der Waals surface area contributed by atoms with Crippen LogP contribution in [-0.2, 0) is 14.3 Å². The number of aromatic nitrogens is 1. The molecule has 0 atom stereocenters. The van der Waals surface area contributed by atoms with Crippen molar-refractivity contribution in [3.8, 4) is 0 Å². The van der Waals surface area contributed by atoms with E-state index in [1.807, 2.05) is 0 Å². The van der Waals surface area contributed by atoms with Gasteiger partial charge < -0.3 is 10.1 Å². The number of carbonyl (C=O) groups excluding carboxylic acids is 2. The van der Waals surface area contributed by atoms with Crippen molar-refractivity contribution in [3.05, 3.63) is 24.5 Å². The second-order valence-corrected chi connectivity index (χ2v) is 2.41. The lowest BCUT2D eigenvalue weighted by Gasteiger charge is -2.03. The Hall–Kier alpha value is -1.91. The first-order valence-corrected chi connectivity index (χ1v) is 4.12. The third-order valence-electron chi connectivity index (χ3n) is 1.40. The minimum Gasteiger partial charge on any atom is -0.459 e. The predicted octanol–water partition coefficient (Wildman–Crippen LogP) is 0.583.